The van der Waals surface area contributed by atoms with Crippen LogP contribution >= 0.6 is 0 Å². The van der Waals surface area contributed by atoms with Gasteiger partial charge in [0, 0.05) is 5.92 Å². The van der Waals surface area contributed by atoms with Gasteiger partial charge in [0.15, 0.2) is 5.82 Å². The van der Waals surface area contributed by atoms with Gasteiger partial charge in [-0.25, -0.2) is 14.4 Å². The zero-order chi connectivity index (χ0) is 17.3. The van der Waals surface area contributed by atoms with Gasteiger partial charge in [-0.3, -0.25) is 0 Å². The topological polar surface area (TPSA) is 122 Å². The molecule has 1 saturated carbocycles. The third kappa shape index (κ3) is 2.88. The largest absolute Gasteiger partial charge is 0.507 e. The minimum absolute atomic E-state index is 0.0392. The average Bonchev–Trinajstić information content (AvgIpc) is 3.05. The number of phenols is 1. The van der Waals surface area contributed by atoms with E-state index in [4.69, 9.17) is 11.5 Å². The maximum Gasteiger partial charge on any atom is 0.165 e. The summed E-state index contributed by atoms with van der Waals surface area (Å²) in [7, 11) is 0. The van der Waals surface area contributed by atoms with Gasteiger partial charge in [0.1, 0.15) is 29.0 Å². The average molecular weight is 327 g/mol. The summed E-state index contributed by atoms with van der Waals surface area (Å²) in [4.78, 5) is 8.53. The van der Waals surface area contributed by atoms with Crippen LogP contribution in [-0.4, -0.2) is 21.6 Å². The third-order valence-corrected chi connectivity index (χ3v) is 4.54. The van der Waals surface area contributed by atoms with E-state index in [9.17, 15) is 14.8 Å². The number of benzene rings is 1. The minimum atomic E-state index is -0.514. The molecule has 2 atom stereocenters. The molecule has 124 valence electrons. The number of nitriles is 1. The Bertz CT molecular complexity index is 817. The first-order valence-electron chi connectivity index (χ1n) is 7.80. The molecule has 0 radical (unpaired) electrons. The van der Waals surface area contributed by atoms with E-state index in [2.05, 4.69) is 16.0 Å². The number of halogens is 1. The maximum absolute atomic E-state index is 13.5. The van der Waals surface area contributed by atoms with Crippen LogP contribution in [-0.2, 0) is 0 Å². The van der Waals surface area contributed by atoms with Gasteiger partial charge < -0.3 is 16.6 Å². The van der Waals surface area contributed by atoms with Crippen LogP contribution in [0.3, 0.4) is 0 Å². The molecule has 1 aromatic heterocycles. The van der Waals surface area contributed by atoms with E-state index < -0.39 is 5.82 Å². The number of hydrogen-bond donors (Lipinski definition) is 3. The molecule has 1 aromatic carbocycles. The fraction of sp³-hybridized carbons (Fsp3) is 0.353. The smallest absolute Gasteiger partial charge is 0.165 e. The van der Waals surface area contributed by atoms with Crippen LogP contribution in [0, 0.1) is 23.1 Å². The van der Waals surface area contributed by atoms with Gasteiger partial charge in [0.25, 0.3) is 0 Å². The van der Waals surface area contributed by atoms with E-state index in [-0.39, 0.29) is 34.4 Å². The van der Waals surface area contributed by atoms with Crippen LogP contribution in [0.25, 0.3) is 11.4 Å². The summed E-state index contributed by atoms with van der Waals surface area (Å²) in [5.74, 6) is -0.0403. The van der Waals surface area contributed by atoms with Crippen molar-refractivity contribution in [1.29, 1.82) is 5.26 Å². The predicted molar refractivity (Wildman–Crippen MR) is 87.4 cm³/mol. The first kappa shape index (κ1) is 16.1. The summed E-state index contributed by atoms with van der Waals surface area (Å²) < 4.78 is 13.5. The van der Waals surface area contributed by atoms with Crippen LogP contribution < -0.4 is 11.5 Å². The molecule has 0 saturated heterocycles. The van der Waals surface area contributed by atoms with Gasteiger partial charge in [-0.1, -0.05) is 0 Å². The van der Waals surface area contributed by atoms with Crippen LogP contribution in [0.1, 0.15) is 36.4 Å². The predicted octanol–water partition coefficient (Wildman–Crippen LogP) is 2.28. The number of nitrogens with zero attached hydrogens (tertiary/aromatic N) is 3. The van der Waals surface area contributed by atoms with E-state index in [1.807, 2.05) is 0 Å². The highest BCUT2D eigenvalue weighted by molar-refractivity contribution is 5.67. The number of phenolic OH excluding ortho intramolecular Hbond substituents is 1. The zero-order valence-corrected chi connectivity index (χ0v) is 13.0. The van der Waals surface area contributed by atoms with Crippen molar-refractivity contribution in [3.63, 3.8) is 0 Å². The van der Waals surface area contributed by atoms with Crippen molar-refractivity contribution < 1.29 is 9.50 Å². The normalized spacial score (nSPS) is 20.0. The number of hydrogen-bond acceptors (Lipinski definition) is 6. The van der Waals surface area contributed by atoms with Crippen molar-refractivity contribution >= 4 is 5.82 Å². The summed E-state index contributed by atoms with van der Waals surface area (Å²) in [6.45, 7) is 0.594. The Morgan fingerprint density at radius 1 is 1.33 bits per heavy atom. The lowest BCUT2D eigenvalue weighted by Gasteiger charge is -2.15. The first-order valence-corrected chi connectivity index (χ1v) is 7.80. The minimum Gasteiger partial charge on any atom is -0.507 e. The van der Waals surface area contributed by atoms with Crippen LogP contribution in [0.5, 0.6) is 5.75 Å². The maximum atomic E-state index is 13.5. The van der Waals surface area contributed by atoms with Crippen LogP contribution in [0.2, 0.25) is 0 Å². The lowest BCUT2D eigenvalue weighted by Crippen LogP contribution is -2.12. The number of rotatable bonds is 3. The van der Waals surface area contributed by atoms with Crippen molar-refractivity contribution in [2.75, 3.05) is 12.3 Å². The molecule has 1 aliphatic carbocycles. The molecule has 0 amide bonds. The van der Waals surface area contributed by atoms with Gasteiger partial charge in [-0.2, -0.15) is 5.26 Å². The molecule has 5 N–H and O–H groups in total. The first-order chi connectivity index (χ1) is 11.5. The summed E-state index contributed by atoms with van der Waals surface area (Å²) in [6, 6.07) is 5.60. The fourth-order valence-corrected chi connectivity index (χ4v) is 3.25. The molecule has 24 heavy (non-hydrogen) atoms. The van der Waals surface area contributed by atoms with Gasteiger partial charge >= 0.3 is 0 Å². The Kier molecular flexibility index (Phi) is 4.32. The molecule has 7 heteroatoms. The van der Waals surface area contributed by atoms with Gasteiger partial charge in [0.2, 0.25) is 0 Å². The summed E-state index contributed by atoms with van der Waals surface area (Å²) in [5.41, 5.74) is 12.6. The molecule has 0 bridgehead atoms. The van der Waals surface area contributed by atoms with Crippen molar-refractivity contribution in [1.82, 2.24) is 9.97 Å². The molecule has 0 spiro atoms. The highest BCUT2D eigenvalue weighted by atomic mass is 19.1. The lowest BCUT2D eigenvalue weighted by molar-refractivity contribution is 0.474. The Morgan fingerprint density at radius 2 is 2.12 bits per heavy atom. The van der Waals surface area contributed by atoms with E-state index in [0.29, 0.717) is 18.2 Å². The monoisotopic (exact) mass is 327 g/mol. The van der Waals surface area contributed by atoms with E-state index in [1.54, 1.807) is 0 Å². The van der Waals surface area contributed by atoms with Crippen LogP contribution in [0.15, 0.2) is 18.2 Å². The second-order valence-electron chi connectivity index (χ2n) is 6.08. The molecule has 1 aliphatic rings. The SMILES string of the molecule is N#Cc1c(N)nc(-c2cc(F)ccc2O)nc1C1CCC(CN)C1. The second kappa shape index (κ2) is 6.42. The van der Waals surface area contributed by atoms with E-state index in [1.165, 1.54) is 6.07 Å². The zero-order valence-electron chi connectivity index (χ0n) is 13.0. The summed E-state index contributed by atoms with van der Waals surface area (Å²) >= 11 is 0. The number of nitrogens with two attached hydrogens (primary N) is 2. The Morgan fingerprint density at radius 3 is 2.79 bits per heavy atom. The fourth-order valence-electron chi connectivity index (χ4n) is 3.25. The number of aromatic hydroxyl groups is 1. The Hall–Kier alpha value is -2.72. The van der Waals surface area contributed by atoms with Crippen molar-refractivity contribution in [2.24, 2.45) is 11.7 Å². The summed E-state index contributed by atoms with van der Waals surface area (Å²) in [5, 5.41) is 19.4. The molecular formula is C17H18FN5O. The molecule has 3 rings (SSSR count). The molecule has 6 nitrogen and oxygen atoms in total. The lowest BCUT2D eigenvalue weighted by atomic mass is 9.97. The van der Waals surface area contributed by atoms with Gasteiger partial charge in [-0.05, 0) is 49.9 Å². The number of aromatic nitrogens is 2. The number of anilines is 1. The number of nitrogen functional groups attached to an aromatic ring is 1. The van der Waals surface area contributed by atoms with Crippen molar-refractivity contribution in [3.8, 4) is 23.2 Å². The van der Waals surface area contributed by atoms with Gasteiger partial charge in [0.05, 0.1) is 11.3 Å². The molecular weight excluding hydrogens is 309 g/mol. The quantitative estimate of drug-likeness (QED) is 0.795. The highest BCUT2D eigenvalue weighted by Gasteiger charge is 2.29. The van der Waals surface area contributed by atoms with E-state index in [0.717, 1.165) is 31.4 Å². The van der Waals surface area contributed by atoms with Gasteiger partial charge in [-0.15, -0.1) is 0 Å². The molecule has 2 unspecified atom stereocenters. The van der Waals surface area contributed by atoms with E-state index >= 15 is 0 Å². The standard InChI is InChI=1S/C17H18FN5O/c18-11-3-4-14(24)12(6-11)17-22-15(13(8-20)16(21)23-17)10-2-1-9(5-10)7-19/h3-4,6,9-10,24H,1-2,5,7,19H2,(H2,21,22,23). The Balaban J connectivity index is 2.10. The molecule has 2 aromatic rings. The highest BCUT2D eigenvalue weighted by Crippen LogP contribution is 2.40. The molecule has 1 fully saturated rings. The van der Waals surface area contributed by atoms with Crippen molar-refractivity contribution in [3.05, 3.63) is 35.3 Å². The summed E-state index contributed by atoms with van der Waals surface area (Å²) in [6.07, 6.45) is 2.66. The molecule has 0 aliphatic heterocycles. The third-order valence-electron chi connectivity index (χ3n) is 4.54. The molecule has 1 heterocycles. The van der Waals surface area contributed by atoms with Crippen LogP contribution in [0.4, 0.5) is 10.2 Å². The second-order valence-corrected chi connectivity index (χ2v) is 6.08. The van der Waals surface area contributed by atoms with Crippen molar-refractivity contribution in [2.45, 2.75) is 25.2 Å². The Labute approximate surface area is 139 Å².